The SMILES string of the molecule is C[C@@H](c1ccc(B2OC(C)(C)C(C)(C)O2)cc1)N1CC[C@](CC(C)(O)CO)(c2ccccc2)OC1=O. The summed E-state index contributed by atoms with van der Waals surface area (Å²) in [4.78, 5) is 15.0. The molecule has 0 bridgehead atoms. The predicted molar refractivity (Wildman–Crippen MR) is 139 cm³/mol. The van der Waals surface area contributed by atoms with Crippen LogP contribution < -0.4 is 5.46 Å². The van der Waals surface area contributed by atoms with Crippen LogP contribution in [0.4, 0.5) is 4.79 Å². The number of aliphatic hydroxyl groups excluding tert-OH is 1. The molecule has 2 N–H and O–H groups in total. The summed E-state index contributed by atoms with van der Waals surface area (Å²) < 4.78 is 18.4. The minimum atomic E-state index is -1.38. The summed E-state index contributed by atoms with van der Waals surface area (Å²) in [6, 6.07) is 17.2. The Kier molecular flexibility index (Phi) is 7.03. The van der Waals surface area contributed by atoms with E-state index in [0.717, 1.165) is 16.6 Å². The predicted octanol–water partition coefficient (Wildman–Crippen LogP) is 3.92. The van der Waals surface area contributed by atoms with E-state index in [0.29, 0.717) is 13.0 Å². The fraction of sp³-hybridized carbons (Fsp3) is 0.536. The van der Waals surface area contributed by atoms with Gasteiger partial charge < -0.3 is 29.2 Å². The Balaban J connectivity index is 1.50. The lowest BCUT2D eigenvalue weighted by atomic mass is 9.78. The van der Waals surface area contributed by atoms with Gasteiger partial charge in [-0.1, -0.05) is 54.6 Å². The highest BCUT2D eigenvalue weighted by molar-refractivity contribution is 6.62. The van der Waals surface area contributed by atoms with Crippen molar-refractivity contribution >= 4 is 18.7 Å². The summed E-state index contributed by atoms with van der Waals surface area (Å²) in [5.41, 5.74) is -0.498. The smallest absolute Gasteiger partial charge is 0.438 e. The van der Waals surface area contributed by atoms with Gasteiger partial charge in [-0.25, -0.2) is 4.79 Å². The maximum Gasteiger partial charge on any atom is 0.494 e. The van der Waals surface area contributed by atoms with Crippen LogP contribution in [0.2, 0.25) is 0 Å². The maximum atomic E-state index is 13.3. The molecule has 194 valence electrons. The number of carbonyl (C=O) groups excluding carboxylic acids is 1. The monoisotopic (exact) mass is 495 g/mol. The molecule has 1 unspecified atom stereocenters. The molecule has 2 aliphatic rings. The van der Waals surface area contributed by atoms with Crippen LogP contribution in [0, 0.1) is 0 Å². The summed E-state index contributed by atoms with van der Waals surface area (Å²) in [6.45, 7) is 11.7. The minimum absolute atomic E-state index is 0.108. The molecule has 0 saturated carbocycles. The van der Waals surface area contributed by atoms with Crippen LogP contribution in [-0.4, -0.2) is 58.3 Å². The average molecular weight is 495 g/mol. The molecule has 8 heteroatoms. The Morgan fingerprint density at radius 1 is 1.03 bits per heavy atom. The van der Waals surface area contributed by atoms with Gasteiger partial charge in [0.2, 0.25) is 0 Å². The van der Waals surface area contributed by atoms with Gasteiger partial charge in [0, 0.05) is 19.4 Å². The van der Waals surface area contributed by atoms with Gasteiger partial charge in [-0.3, -0.25) is 0 Å². The molecule has 0 radical (unpaired) electrons. The molecule has 36 heavy (non-hydrogen) atoms. The van der Waals surface area contributed by atoms with E-state index in [1.807, 2.05) is 89.2 Å². The van der Waals surface area contributed by atoms with Crippen LogP contribution in [0.25, 0.3) is 0 Å². The van der Waals surface area contributed by atoms with Crippen molar-refractivity contribution in [3.05, 3.63) is 65.7 Å². The topological polar surface area (TPSA) is 88.5 Å². The summed E-state index contributed by atoms with van der Waals surface area (Å²) in [7, 11) is -0.440. The molecule has 2 fully saturated rings. The third-order valence-corrected chi connectivity index (χ3v) is 7.99. The van der Waals surface area contributed by atoms with Crippen molar-refractivity contribution in [2.75, 3.05) is 13.2 Å². The Hall–Kier alpha value is -2.39. The highest BCUT2D eigenvalue weighted by atomic mass is 16.7. The summed E-state index contributed by atoms with van der Waals surface area (Å²) in [5, 5.41) is 20.3. The highest BCUT2D eigenvalue weighted by Gasteiger charge is 2.52. The molecule has 2 heterocycles. The number of ether oxygens (including phenoxy) is 1. The Morgan fingerprint density at radius 3 is 2.14 bits per heavy atom. The Labute approximate surface area is 214 Å². The number of hydrogen-bond acceptors (Lipinski definition) is 6. The van der Waals surface area contributed by atoms with Crippen LogP contribution in [0.1, 0.15) is 71.6 Å². The van der Waals surface area contributed by atoms with Crippen molar-refractivity contribution in [2.24, 2.45) is 0 Å². The van der Waals surface area contributed by atoms with E-state index in [4.69, 9.17) is 14.0 Å². The second kappa shape index (κ2) is 9.49. The molecular weight excluding hydrogens is 457 g/mol. The maximum absolute atomic E-state index is 13.3. The second-order valence-corrected chi connectivity index (χ2v) is 11.4. The fourth-order valence-electron chi connectivity index (χ4n) is 4.95. The summed E-state index contributed by atoms with van der Waals surface area (Å²) >= 11 is 0. The van der Waals surface area contributed by atoms with Gasteiger partial charge in [0.15, 0.2) is 0 Å². The second-order valence-electron chi connectivity index (χ2n) is 11.4. The number of nitrogens with zero attached hydrogens (tertiary/aromatic N) is 1. The average Bonchev–Trinajstić information content (AvgIpc) is 3.06. The van der Waals surface area contributed by atoms with Crippen LogP contribution in [0.15, 0.2) is 54.6 Å². The van der Waals surface area contributed by atoms with E-state index < -0.39 is 42.2 Å². The van der Waals surface area contributed by atoms with Crippen molar-refractivity contribution < 1.29 is 29.1 Å². The molecule has 0 aromatic heterocycles. The molecule has 3 atom stereocenters. The van der Waals surface area contributed by atoms with Crippen molar-refractivity contribution in [3.8, 4) is 0 Å². The number of cyclic esters (lactones) is 1. The standard InChI is InChI=1S/C28H38BNO6/c1-20(21-12-14-23(15-13-21)29-35-25(2,3)26(4,5)36-29)30-17-16-28(34-24(30)32,18-27(6,33)19-31)22-10-8-7-9-11-22/h7-15,20,31,33H,16-19H2,1-6H3/t20-,27?,28-/m0/s1. The largest absolute Gasteiger partial charge is 0.494 e. The molecule has 2 aromatic rings. The highest BCUT2D eigenvalue weighted by Crippen LogP contribution is 2.42. The molecule has 2 aliphatic heterocycles. The Bertz CT molecular complexity index is 1060. The third kappa shape index (κ3) is 5.05. The molecule has 7 nitrogen and oxygen atoms in total. The van der Waals surface area contributed by atoms with Gasteiger partial charge in [-0.05, 0) is 58.1 Å². The van der Waals surface area contributed by atoms with E-state index >= 15 is 0 Å². The quantitative estimate of drug-likeness (QED) is 0.567. The van der Waals surface area contributed by atoms with Crippen molar-refractivity contribution in [1.82, 2.24) is 4.90 Å². The number of carbonyl (C=O) groups is 1. The van der Waals surface area contributed by atoms with Gasteiger partial charge in [0.05, 0.1) is 29.5 Å². The number of hydrogen-bond donors (Lipinski definition) is 2. The zero-order valence-electron chi connectivity index (χ0n) is 22.2. The van der Waals surface area contributed by atoms with E-state index in [9.17, 15) is 15.0 Å². The minimum Gasteiger partial charge on any atom is -0.438 e. The van der Waals surface area contributed by atoms with E-state index in [2.05, 4.69) is 0 Å². The van der Waals surface area contributed by atoms with Gasteiger partial charge >= 0.3 is 13.2 Å². The summed E-state index contributed by atoms with van der Waals surface area (Å²) in [5.74, 6) is 0. The van der Waals surface area contributed by atoms with Gasteiger partial charge in [-0.2, -0.15) is 0 Å². The number of benzene rings is 2. The normalized spacial score (nSPS) is 25.8. The molecular formula is C28H38BNO6. The molecule has 0 spiro atoms. The zero-order valence-corrected chi connectivity index (χ0v) is 22.2. The zero-order chi connectivity index (χ0) is 26.4. The number of aliphatic hydroxyl groups is 2. The Morgan fingerprint density at radius 2 is 1.61 bits per heavy atom. The fourth-order valence-corrected chi connectivity index (χ4v) is 4.95. The first kappa shape index (κ1) is 26.7. The van der Waals surface area contributed by atoms with E-state index in [1.54, 1.807) is 11.8 Å². The number of amides is 1. The van der Waals surface area contributed by atoms with E-state index in [1.165, 1.54) is 0 Å². The lowest BCUT2D eigenvalue weighted by Crippen LogP contribution is -2.52. The summed E-state index contributed by atoms with van der Waals surface area (Å²) in [6.07, 6.45) is 0.161. The third-order valence-electron chi connectivity index (χ3n) is 7.99. The first-order chi connectivity index (χ1) is 16.8. The van der Waals surface area contributed by atoms with Crippen molar-refractivity contribution in [1.29, 1.82) is 0 Å². The first-order valence-corrected chi connectivity index (χ1v) is 12.6. The van der Waals surface area contributed by atoms with Crippen LogP contribution in [-0.2, 0) is 19.6 Å². The van der Waals surface area contributed by atoms with Crippen LogP contribution >= 0.6 is 0 Å². The van der Waals surface area contributed by atoms with Crippen molar-refractivity contribution in [3.63, 3.8) is 0 Å². The molecule has 2 aromatic carbocycles. The van der Waals surface area contributed by atoms with Gasteiger partial charge in [-0.15, -0.1) is 0 Å². The van der Waals surface area contributed by atoms with Crippen molar-refractivity contribution in [2.45, 2.75) is 82.8 Å². The van der Waals surface area contributed by atoms with Crippen LogP contribution in [0.3, 0.4) is 0 Å². The lowest BCUT2D eigenvalue weighted by molar-refractivity contribution is -0.117. The lowest BCUT2D eigenvalue weighted by Gasteiger charge is -2.45. The molecule has 0 aliphatic carbocycles. The van der Waals surface area contributed by atoms with Gasteiger partial charge in [0.1, 0.15) is 5.60 Å². The molecule has 4 rings (SSSR count). The molecule has 1 amide bonds. The first-order valence-electron chi connectivity index (χ1n) is 12.6. The van der Waals surface area contributed by atoms with E-state index in [-0.39, 0.29) is 12.5 Å². The van der Waals surface area contributed by atoms with Crippen LogP contribution in [0.5, 0.6) is 0 Å². The van der Waals surface area contributed by atoms with Gasteiger partial charge in [0.25, 0.3) is 0 Å². The molecule has 2 saturated heterocycles. The number of rotatable bonds is 7.